The monoisotopic (exact) mass is 400 g/mol. The van der Waals surface area contributed by atoms with Crippen LogP contribution in [-0.2, 0) is 9.53 Å². The summed E-state index contributed by atoms with van der Waals surface area (Å²) in [6.07, 6.45) is 6.70. The SMILES string of the molecule is CCCCOCCCNC(=O)C1CCCCC1CN1C(=O)c2ccccc2C1=O. The first-order valence-corrected chi connectivity index (χ1v) is 10.9. The molecular weight excluding hydrogens is 368 g/mol. The first kappa shape index (κ1) is 21.5. The first-order valence-electron chi connectivity index (χ1n) is 10.9. The van der Waals surface area contributed by atoms with Gasteiger partial charge in [0.25, 0.3) is 11.8 Å². The summed E-state index contributed by atoms with van der Waals surface area (Å²) < 4.78 is 5.53. The number of carbonyl (C=O) groups excluding carboxylic acids is 3. The van der Waals surface area contributed by atoms with Gasteiger partial charge in [0, 0.05) is 32.2 Å². The van der Waals surface area contributed by atoms with Crippen molar-refractivity contribution in [1.29, 1.82) is 0 Å². The summed E-state index contributed by atoms with van der Waals surface area (Å²) in [5, 5.41) is 3.03. The van der Waals surface area contributed by atoms with Gasteiger partial charge in [-0.3, -0.25) is 19.3 Å². The van der Waals surface area contributed by atoms with E-state index in [-0.39, 0.29) is 29.6 Å². The molecule has 3 rings (SSSR count). The molecule has 3 amide bonds. The van der Waals surface area contributed by atoms with E-state index in [1.807, 2.05) is 0 Å². The van der Waals surface area contributed by atoms with E-state index in [1.165, 1.54) is 4.90 Å². The number of carbonyl (C=O) groups is 3. The van der Waals surface area contributed by atoms with Crippen LogP contribution in [0.1, 0.15) is 72.6 Å². The number of imide groups is 1. The molecule has 1 fully saturated rings. The van der Waals surface area contributed by atoms with Gasteiger partial charge in [-0.25, -0.2) is 0 Å². The fourth-order valence-electron chi connectivity index (χ4n) is 4.28. The number of fused-ring (bicyclic) bond motifs is 1. The third-order valence-corrected chi connectivity index (χ3v) is 5.95. The Morgan fingerprint density at radius 1 is 1.07 bits per heavy atom. The largest absolute Gasteiger partial charge is 0.381 e. The molecule has 1 aliphatic heterocycles. The number of nitrogens with one attached hydrogen (secondary N) is 1. The summed E-state index contributed by atoms with van der Waals surface area (Å²) in [6.45, 7) is 4.48. The lowest BCUT2D eigenvalue weighted by Gasteiger charge is -2.32. The van der Waals surface area contributed by atoms with Crippen molar-refractivity contribution in [2.75, 3.05) is 26.3 Å². The maximum absolute atomic E-state index is 12.8. The second kappa shape index (κ2) is 10.5. The van der Waals surface area contributed by atoms with E-state index in [0.717, 1.165) is 51.6 Å². The molecule has 1 saturated carbocycles. The van der Waals surface area contributed by atoms with Crippen LogP contribution < -0.4 is 5.32 Å². The van der Waals surface area contributed by atoms with E-state index in [4.69, 9.17) is 4.74 Å². The van der Waals surface area contributed by atoms with Gasteiger partial charge in [-0.15, -0.1) is 0 Å². The summed E-state index contributed by atoms with van der Waals surface area (Å²) in [5.41, 5.74) is 0.940. The van der Waals surface area contributed by atoms with Crippen LogP contribution in [0.2, 0.25) is 0 Å². The highest BCUT2D eigenvalue weighted by Gasteiger charge is 2.39. The van der Waals surface area contributed by atoms with Crippen molar-refractivity contribution in [1.82, 2.24) is 10.2 Å². The van der Waals surface area contributed by atoms with Crippen molar-refractivity contribution in [3.63, 3.8) is 0 Å². The Hall–Kier alpha value is -2.21. The molecule has 2 unspecified atom stereocenters. The van der Waals surface area contributed by atoms with Crippen LogP contribution in [0.3, 0.4) is 0 Å². The third-order valence-electron chi connectivity index (χ3n) is 5.95. The van der Waals surface area contributed by atoms with Crippen molar-refractivity contribution in [2.45, 2.75) is 51.9 Å². The van der Waals surface area contributed by atoms with Crippen LogP contribution in [0.4, 0.5) is 0 Å². The lowest BCUT2D eigenvalue weighted by molar-refractivity contribution is -0.128. The van der Waals surface area contributed by atoms with Crippen LogP contribution >= 0.6 is 0 Å². The average molecular weight is 401 g/mol. The number of unbranched alkanes of at least 4 members (excludes halogenated alkanes) is 1. The van der Waals surface area contributed by atoms with E-state index in [0.29, 0.717) is 30.8 Å². The second-order valence-electron chi connectivity index (χ2n) is 8.03. The second-order valence-corrected chi connectivity index (χ2v) is 8.03. The molecule has 6 nitrogen and oxygen atoms in total. The Balaban J connectivity index is 1.52. The van der Waals surface area contributed by atoms with Gasteiger partial charge in [-0.05, 0) is 43.7 Å². The number of amides is 3. The number of hydrogen-bond acceptors (Lipinski definition) is 4. The topological polar surface area (TPSA) is 75.7 Å². The molecule has 1 N–H and O–H groups in total. The molecule has 0 radical (unpaired) electrons. The molecule has 158 valence electrons. The highest BCUT2D eigenvalue weighted by molar-refractivity contribution is 6.21. The first-order chi connectivity index (χ1) is 14.1. The molecule has 29 heavy (non-hydrogen) atoms. The van der Waals surface area contributed by atoms with Crippen LogP contribution in [0.15, 0.2) is 24.3 Å². The summed E-state index contributed by atoms with van der Waals surface area (Å²) in [7, 11) is 0. The fourth-order valence-corrected chi connectivity index (χ4v) is 4.28. The minimum Gasteiger partial charge on any atom is -0.381 e. The van der Waals surface area contributed by atoms with Gasteiger partial charge < -0.3 is 10.1 Å². The van der Waals surface area contributed by atoms with Crippen LogP contribution in [0, 0.1) is 11.8 Å². The molecule has 1 aromatic carbocycles. The Morgan fingerprint density at radius 2 is 1.72 bits per heavy atom. The van der Waals surface area contributed by atoms with Gasteiger partial charge in [0.05, 0.1) is 11.1 Å². The Kier molecular flexibility index (Phi) is 7.81. The van der Waals surface area contributed by atoms with Crippen molar-refractivity contribution in [3.8, 4) is 0 Å². The summed E-state index contributed by atoms with van der Waals surface area (Å²) in [5.74, 6) is -0.556. The summed E-state index contributed by atoms with van der Waals surface area (Å²) in [6, 6.07) is 6.94. The van der Waals surface area contributed by atoms with Gasteiger partial charge in [0.2, 0.25) is 5.91 Å². The van der Waals surface area contributed by atoms with Gasteiger partial charge in [-0.2, -0.15) is 0 Å². The molecule has 1 aromatic rings. The summed E-state index contributed by atoms with van der Waals surface area (Å²) >= 11 is 0. The quantitative estimate of drug-likeness (QED) is 0.482. The Bertz CT molecular complexity index is 698. The Morgan fingerprint density at radius 3 is 2.41 bits per heavy atom. The number of nitrogens with zero attached hydrogens (tertiary/aromatic N) is 1. The van der Waals surface area contributed by atoms with Crippen molar-refractivity contribution >= 4 is 17.7 Å². The molecule has 2 atom stereocenters. The van der Waals surface area contributed by atoms with E-state index in [2.05, 4.69) is 12.2 Å². The molecule has 0 saturated heterocycles. The highest BCUT2D eigenvalue weighted by Crippen LogP contribution is 2.33. The predicted octanol–water partition coefficient (Wildman–Crippen LogP) is 3.41. The molecule has 0 bridgehead atoms. The predicted molar refractivity (Wildman–Crippen MR) is 111 cm³/mol. The van der Waals surface area contributed by atoms with E-state index >= 15 is 0 Å². The number of benzene rings is 1. The maximum Gasteiger partial charge on any atom is 0.261 e. The zero-order valence-electron chi connectivity index (χ0n) is 17.3. The standard InChI is InChI=1S/C23H32N2O4/c1-2-3-14-29-15-8-13-24-21(26)18-10-5-4-9-17(18)16-25-22(27)19-11-6-7-12-20(19)23(25)28/h6-7,11-12,17-18H,2-5,8-10,13-16H2,1H3,(H,24,26). The smallest absolute Gasteiger partial charge is 0.261 e. The van der Waals surface area contributed by atoms with Crippen molar-refractivity contribution in [3.05, 3.63) is 35.4 Å². The van der Waals surface area contributed by atoms with Crippen molar-refractivity contribution < 1.29 is 19.1 Å². The molecule has 1 aliphatic carbocycles. The molecule has 1 heterocycles. The van der Waals surface area contributed by atoms with Crippen LogP contribution in [0.5, 0.6) is 0 Å². The zero-order chi connectivity index (χ0) is 20.6. The van der Waals surface area contributed by atoms with Crippen LogP contribution in [0.25, 0.3) is 0 Å². The molecule has 6 heteroatoms. The zero-order valence-corrected chi connectivity index (χ0v) is 17.3. The lowest BCUT2D eigenvalue weighted by atomic mass is 9.78. The van der Waals surface area contributed by atoms with Crippen molar-refractivity contribution in [2.24, 2.45) is 11.8 Å². The molecule has 0 aromatic heterocycles. The fraction of sp³-hybridized carbons (Fsp3) is 0.609. The highest BCUT2D eigenvalue weighted by atomic mass is 16.5. The Labute approximate surface area is 173 Å². The van der Waals surface area contributed by atoms with Gasteiger partial charge in [-0.1, -0.05) is 38.3 Å². The average Bonchev–Trinajstić information content (AvgIpc) is 2.98. The molecule has 2 aliphatic rings. The minimum atomic E-state index is -0.237. The van der Waals surface area contributed by atoms with E-state index in [9.17, 15) is 14.4 Å². The van der Waals surface area contributed by atoms with Gasteiger partial charge >= 0.3 is 0 Å². The minimum absolute atomic E-state index is 0.0202. The molecule has 0 spiro atoms. The number of hydrogen-bond donors (Lipinski definition) is 1. The number of rotatable bonds is 10. The summed E-state index contributed by atoms with van der Waals surface area (Å²) in [4.78, 5) is 39.4. The van der Waals surface area contributed by atoms with Gasteiger partial charge in [0.1, 0.15) is 0 Å². The lowest BCUT2D eigenvalue weighted by Crippen LogP contribution is -2.43. The van der Waals surface area contributed by atoms with E-state index < -0.39 is 0 Å². The normalized spacial score (nSPS) is 21.3. The van der Waals surface area contributed by atoms with Crippen LogP contribution in [-0.4, -0.2) is 48.9 Å². The third kappa shape index (κ3) is 5.24. The van der Waals surface area contributed by atoms with E-state index in [1.54, 1.807) is 24.3 Å². The maximum atomic E-state index is 12.8. The van der Waals surface area contributed by atoms with Gasteiger partial charge in [0.15, 0.2) is 0 Å². The molecular formula is C23H32N2O4. The number of ether oxygens (including phenoxy) is 1.